The van der Waals surface area contributed by atoms with Gasteiger partial charge in [-0.25, -0.2) is 14.5 Å². The molecule has 0 radical (unpaired) electrons. The molecular formula is C14H11N5OS2. The van der Waals surface area contributed by atoms with Crippen LogP contribution in [0.2, 0.25) is 0 Å². The minimum atomic E-state index is -0.115. The molecule has 3 heterocycles. The number of aryl methyl sites for hydroxylation is 1. The highest BCUT2D eigenvalue weighted by atomic mass is 32.1. The topological polar surface area (TPSA) is 72.2 Å². The maximum atomic E-state index is 12.4. The molecule has 0 saturated heterocycles. The van der Waals surface area contributed by atoms with Crippen molar-refractivity contribution in [2.45, 2.75) is 13.5 Å². The molecule has 1 N–H and O–H groups in total. The molecule has 0 saturated carbocycles. The summed E-state index contributed by atoms with van der Waals surface area (Å²) in [5.41, 5.74) is 4.04. The van der Waals surface area contributed by atoms with Gasteiger partial charge in [0, 0.05) is 0 Å². The van der Waals surface area contributed by atoms with E-state index < -0.39 is 0 Å². The molecule has 6 nitrogen and oxygen atoms in total. The number of imidazole rings is 1. The number of aromatic nitrogens is 4. The Balaban J connectivity index is 1.54. The summed E-state index contributed by atoms with van der Waals surface area (Å²) in [4.78, 5) is 21.9. The number of benzene rings is 1. The van der Waals surface area contributed by atoms with Crippen LogP contribution >= 0.6 is 22.7 Å². The van der Waals surface area contributed by atoms with Gasteiger partial charge in [0.25, 0.3) is 5.91 Å². The lowest BCUT2D eigenvalue weighted by molar-refractivity contribution is 0.0952. The van der Waals surface area contributed by atoms with Crippen LogP contribution in [0.25, 0.3) is 15.2 Å². The van der Waals surface area contributed by atoms with Crippen molar-refractivity contribution in [2.75, 3.05) is 0 Å². The Labute approximate surface area is 133 Å². The van der Waals surface area contributed by atoms with Crippen LogP contribution in [0.3, 0.4) is 0 Å². The summed E-state index contributed by atoms with van der Waals surface area (Å²) in [7, 11) is 0. The molecular weight excluding hydrogens is 318 g/mol. The molecule has 3 aromatic heterocycles. The maximum Gasteiger partial charge on any atom is 0.253 e. The first-order valence-corrected chi connectivity index (χ1v) is 8.32. The zero-order valence-corrected chi connectivity index (χ0v) is 13.2. The second-order valence-electron chi connectivity index (χ2n) is 4.77. The number of nitrogens with zero attached hydrogens (tertiary/aromatic N) is 4. The Morgan fingerprint density at radius 1 is 1.41 bits per heavy atom. The first kappa shape index (κ1) is 13.4. The first-order valence-electron chi connectivity index (χ1n) is 6.63. The predicted octanol–water partition coefficient (Wildman–Crippen LogP) is 2.64. The van der Waals surface area contributed by atoms with Crippen molar-refractivity contribution in [3.05, 3.63) is 46.2 Å². The van der Waals surface area contributed by atoms with Gasteiger partial charge in [0.1, 0.15) is 5.01 Å². The van der Waals surface area contributed by atoms with E-state index in [4.69, 9.17) is 0 Å². The summed E-state index contributed by atoms with van der Waals surface area (Å²) in [6.45, 7) is 2.32. The fourth-order valence-electron chi connectivity index (χ4n) is 2.26. The highest BCUT2D eigenvalue weighted by Gasteiger charge is 2.12. The van der Waals surface area contributed by atoms with E-state index in [1.165, 1.54) is 22.7 Å². The molecule has 0 bridgehead atoms. The normalized spacial score (nSPS) is 11.3. The van der Waals surface area contributed by atoms with E-state index >= 15 is 0 Å². The Bertz CT molecular complexity index is 952. The smallest absolute Gasteiger partial charge is 0.253 e. The van der Waals surface area contributed by atoms with E-state index in [0.717, 1.165) is 25.9 Å². The predicted molar refractivity (Wildman–Crippen MR) is 86.4 cm³/mol. The monoisotopic (exact) mass is 329 g/mol. The minimum absolute atomic E-state index is 0.115. The van der Waals surface area contributed by atoms with Gasteiger partial charge in [0.2, 0.25) is 4.96 Å². The minimum Gasteiger partial charge on any atom is -0.346 e. The molecule has 4 aromatic rings. The van der Waals surface area contributed by atoms with Gasteiger partial charge in [0.05, 0.1) is 39.7 Å². The van der Waals surface area contributed by atoms with Crippen molar-refractivity contribution in [3.63, 3.8) is 0 Å². The van der Waals surface area contributed by atoms with E-state index in [1.807, 2.05) is 31.3 Å². The summed E-state index contributed by atoms with van der Waals surface area (Å²) in [5, 5.41) is 8.18. The van der Waals surface area contributed by atoms with Crippen molar-refractivity contribution < 1.29 is 4.79 Å². The fraction of sp³-hybridized carbons (Fsp3) is 0.143. The standard InChI is InChI=1S/C14H11N5OS2/c1-8-18-19-6-9(17-14(19)22-8)5-15-13(20)10-3-2-4-11-12(10)21-7-16-11/h2-4,6-7H,5H2,1H3,(H,15,20). The second kappa shape index (κ2) is 5.15. The van der Waals surface area contributed by atoms with Gasteiger partial charge in [-0.1, -0.05) is 17.4 Å². The van der Waals surface area contributed by atoms with E-state index in [0.29, 0.717) is 12.1 Å². The average Bonchev–Trinajstić information content (AvgIpc) is 3.17. The quantitative estimate of drug-likeness (QED) is 0.627. The van der Waals surface area contributed by atoms with Crippen molar-refractivity contribution in [3.8, 4) is 0 Å². The van der Waals surface area contributed by atoms with Gasteiger partial charge < -0.3 is 5.32 Å². The Hall–Kier alpha value is -2.32. The molecule has 1 amide bonds. The highest BCUT2D eigenvalue weighted by Crippen LogP contribution is 2.22. The maximum absolute atomic E-state index is 12.4. The van der Waals surface area contributed by atoms with Gasteiger partial charge >= 0.3 is 0 Å². The van der Waals surface area contributed by atoms with Crippen LogP contribution in [0.4, 0.5) is 0 Å². The lowest BCUT2D eigenvalue weighted by atomic mass is 10.2. The highest BCUT2D eigenvalue weighted by molar-refractivity contribution is 7.17. The summed E-state index contributed by atoms with van der Waals surface area (Å²) in [5.74, 6) is -0.115. The van der Waals surface area contributed by atoms with Gasteiger partial charge in [-0.15, -0.1) is 11.3 Å². The number of thiazole rings is 1. The summed E-state index contributed by atoms with van der Waals surface area (Å²) >= 11 is 3.00. The molecule has 0 atom stereocenters. The van der Waals surface area contributed by atoms with Crippen LogP contribution in [-0.2, 0) is 6.54 Å². The third kappa shape index (κ3) is 2.26. The van der Waals surface area contributed by atoms with E-state index in [9.17, 15) is 4.79 Å². The van der Waals surface area contributed by atoms with E-state index in [2.05, 4.69) is 20.4 Å². The number of carbonyl (C=O) groups excluding carboxylic acids is 1. The van der Waals surface area contributed by atoms with Gasteiger partial charge in [0.15, 0.2) is 0 Å². The molecule has 8 heteroatoms. The third-order valence-electron chi connectivity index (χ3n) is 3.23. The third-order valence-corrected chi connectivity index (χ3v) is 4.94. The lowest BCUT2D eigenvalue weighted by Gasteiger charge is -2.03. The average molecular weight is 329 g/mol. The van der Waals surface area contributed by atoms with Crippen LogP contribution in [0, 0.1) is 6.92 Å². The molecule has 110 valence electrons. The van der Waals surface area contributed by atoms with E-state index in [1.54, 1.807) is 10.0 Å². The van der Waals surface area contributed by atoms with Crippen LogP contribution in [0.15, 0.2) is 29.9 Å². The van der Waals surface area contributed by atoms with Gasteiger partial charge in [-0.2, -0.15) is 5.10 Å². The summed E-state index contributed by atoms with van der Waals surface area (Å²) in [6, 6.07) is 5.56. The molecule has 1 aromatic carbocycles. The van der Waals surface area contributed by atoms with E-state index in [-0.39, 0.29) is 5.91 Å². The molecule has 0 aliphatic carbocycles. The van der Waals surface area contributed by atoms with Gasteiger partial charge in [-0.05, 0) is 19.1 Å². The number of amides is 1. The number of carbonyl (C=O) groups is 1. The Morgan fingerprint density at radius 3 is 3.18 bits per heavy atom. The van der Waals surface area contributed by atoms with Crippen molar-refractivity contribution in [2.24, 2.45) is 0 Å². The summed E-state index contributed by atoms with van der Waals surface area (Å²) < 4.78 is 2.65. The Morgan fingerprint density at radius 2 is 2.32 bits per heavy atom. The number of nitrogens with one attached hydrogen (secondary N) is 1. The SMILES string of the molecule is Cc1nn2cc(CNC(=O)c3cccc4ncsc34)nc2s1. The molecule has 0 unspecified atom stereocenters. The zero-order chi connectivity index (χ0) is 15.1. The number of rotatable bonds is 3. The van der Waals surface area contributed by atoms with Crippen molar-refractivity contribution >= 4 is 43.8 Å². The fourth-order valence-corrected chi connectivity index (χ4v) is 3.80. The summed E-state index contributed by atoms with van der Waals surface area (Å²) in [6.07, 6.45) is 1.84. The molecule has 0 aliphatic rings. The molecule has 0 aliphatic heterocycles. The molecule has 0 fully saturated rings. The van der Waals surface area contributed by atoms with Crippen LogP contribution in [0.5, 0.6) is 0 Å². The largest absolute Gasteiger partial charge is 0.346 e. The lowest BCUT2D eigenvalue weighted by Crippen LogP contribution is -2.23. The van der Waals surface area contributed by atoms with Gasteiger partial charge in [-0.3, -0.25) is 4.79 Å². The molecule has 0 spiro atoms. The number of fused-ring (bicyclic) bond motifs is 2. The molecule has 22 heavy (non-hydrogen) atoms. The van der Waals surface area contributed by atoms with Crippen molar-refractivity contribution in [1.29, 1.82) is 0 Å². The van der Waals surface area contributed by atoms with Crippen LogP contribution in [0.1, 0.15) is 21.1 Å². The zero-order valence-electron chi connectivity index (χ0n) is 11.6. The molecule has 4 rings (SSSR count). The number of hydrogen-bond donors (Lipinski definition) is 1. The van der Waals surface area contributed by atoms with Crippen molar-refractivity contribution in [1.82, 2.24) is 24.9 Å². The first-order chi connectivity index (χ1) is 10.7. The van der Waals surface area contributed by atoms with Crippen LogP contribution < -0.4 is 5.32 Å². The Kier molecular flexibility index (Phi) is 3.12. The number of hydrogen-bond acceptors (Lipinski definition) is 6. The second-order valence-corrected chi connectivity index (χ2v) is 6.78. The van der Waals surface area contributed by atoms with Crippen LogP contribution in [-0.4, -0.2) is 25.5 Å².